The average Bonchev–Trinajstić information content (AvgIpc) is 2.48. The molecule has 0 saturated heterocycles. The Morgan fingerprint density at radius 1 is 1.10 bits per heavy atom. The molecule has 2 rings (SSSR count). The van der Waals surface area contributed by atoms with Crippen molar-refractivity contribution in [1.82, 2.24) is 0 Å². The van der Waals surface area contributed by atoms with Crippen LogP contribution in [0.5, 0.6) is 5.75 Å². The Morgan fingerprint density at radius 2 is 1.76 bits per heavy atom. The van der Waals surface area contributed by atoms with Crippen molar-refractivity contribution < 1.29 is 14.3 Å². The van der Waals surface area contributed by atoms with Crippen LogP contribution in [0.15, 0.2) is 48.5 Å². The Labute approximate surface area is 127 Å². The van der Waals surface area contributed by atoms with Crippen LogP contribution in [-0.4, -0.2) is 11.9 Å². The summed E-state index contributed by atoms with van der Waals surface area (Å²) in [5, 5.41) is 2.64. The third-order valence-electron chi connectivity index (χ3n) is 2.77. The monoisotopic (exact) mass is 303 g/mol. The van der Waals surface area contributed by atoms with E-state index < -0.39 is 5.97 Å². The fraction of sp³-hybridized carbons (Fsp3) is 0.125. The van der Waals surface area contributed by atoms with Crippen molar-refractivity contribution in [2.75, 3.05) is 5.32 Å². The van der Waals surface area contributed by atoms with E-state index >= 15 is 0 Å². The van der Waals surface area contributed by atoms with Crippen molar-refractivity contribution in [2.24, 2.45) is 0 Å². The highest BCUT2D eigenvalue weighted by Gasteiger charge is 2.12. The van der Waals surface area contributed by atoms with Gasteiger partial charge in [-0.15, -0.1) is 11.6 Å². The smallest absolute Gasteiger partial charge is 0.343 e. The van der Waals surface area contributed by atoms with Gasteiger partial charge in [-0.1, -0.05) is 18.2 Å². The second-order valence-electron chi connectivity index (χ2n) is 4.39. The summed E-state index contributed by atoms with van der Waals surface area (Å²) >= 11 is 5.80. The summed E-state index contributed by atoms with van der Waals surface area (Å²) in [6.45, 7) is 1.43. The number of ether oxygens (including phenoxy) is 1. The summed E-state index contributed by atoms with van der Waals surface area (Å²) in [4.78, 5) is 23.0. The van der Waals surface area contributed by atoms with Crippen LogP contribution in [0.2, 0.25) is 0 Å². The molecule has 0 fully saturated rings. The van der Waals surface area contributed by atoms with Gasteiger partial charge in [0, 0.05) is 18.5 Å². The highest BCUT2D eigenvalue weighted by molar-refractivity contribution is 6.17. The predicted octanol–water partition coefficient (Wildman–Crippen LogP) is 3.60. The number of benzene rings is 2. The lowest BCUT2D eigenvalue weighted by Gasteiger charge is -2.08. The molecule has 0 spiro atoms. The summed E-state index contributed by atoms with van der Waals surface area (Å²) in [7, 11) is 0. The molecule has 0 atom stereocenters. The van der Waals surface area contributed by atoms with E-state index in [9.17, 15) is 9.59 Å². The van der Waals surface area contributed by atoms with Crippen LogP contribution in [0.4, 0.5) is 5.69 Å². The number of esters is 1. The molecule has 108 valence electrons. The van der Waals surface area contributed by atoms with Crippen LogP contribution in [0.3, 0.4) is 0 Å². The minimum absolute atomic E-state index is 0.157. The van der Waals surface area contributed by atoms with Crippen molar-refractivity contribution >= 4 is 29.2 Å². The quantitative estimate of drug-likeness (QED) is 0.533. The number of rotatable bonds is 4. The minimum atomic E-state index is -0.460. The maximum Gasteiger partial charge on any atom is 0.343 e. The van der Waals surface area contributed by atoms with E-state index in [0.717, 1.165) is 5.56 Å². The molecule has 1 amide bonds. The van der Waals surface area contributed by atoms with Gasteiger partial charge in [-0.25, -0.2) is 4.79 Å². The summed E-state index contributed by atoms with van der Waals surface area (Å²) in [5.41, 5.74) is 1.81. The average molecular weight is 304 g/mol. The van der Waals surface area contributed by atoms with Crippen LogP contribution in [0.25, 0.3) is 0 Å². The highest BCUT2D eigenvalue weighted by atomic mass is 35.5. The Morgan fingerprint density at radius 3 is 2.38 bits per heavy atom. The van der Waals surface area contributed by atoms with Gasteiger partial charge in [0.1, 0.15) is 5.75 Å². The zero-order chi connectivity index (χ0) is 15.2. The molecular weight excluding hydrogens is 290 g/mol. The minimum Gasteiger partial charge on any atom is -0.423 e. The standard InChI is InChI=1S/C16H14ClNO3/c1-11(19)18-13-6-8-14(9-7-13)21-16(20)15-5-3-2-4-12(15)10-17/h2-9H,10H2,1H3,(H,18,19). The van der Waals surface area contributed by atoms with Crippen molar-refractivity contribution in [1.29, 1.82) is 0 Å². The third kappa shape index (κ3) is 4.07. The number of halogens is 1. The third-order valence-corrected chi connectivity index (χ3v) is 3.05. The van der Waals surface area contributed by atoms with Gasteiger partial charge in [-0.3, -0.25) is 4.79 Å². The number of amides is 1. The summed E-state index contributed by atoms with van der Waals surface area (Å²) in [6, 6.07) is 13.6. The van der Waals surface area contributed by atoms with Gasteiger partial charge in [-0.05, 0) is 35.9 Å². The fourth-order valence-electron chi connectivity index (χ4n) is 1.81. The number of hydrogen-bond donors (Lipinski definition) is 1. The zero-order valence-electron chi connectivity index (χ0n) is 11.4. The molecule has 0 unspecified atom stereocenters. The van der Waals surface area contributed by atoms with Gasteiger partial charge >= 0.3 is 5.97 Å². The number of carbonyl (C=O) groups is 2. The lowest BCUT2D eigenvalue weighted by Crippen LogP contribution is -2.11. The molecular formula is C16H14ClNO3. The van der Waals surface area contributed by atoms with E-state index in [-0.39, 0.29) is 11.8 Å². The molecule has 0 aliphatic carbocycles. The molecule has 0 aromatic heterocycles. The molecule has 0 radical (unpaired) electrons. The number of carbonyl (C=O) groups excluding carboxylic acids is 2. The van der Waals surface area contributed by atoms with E-state index in [4.69, 9.17) is 16.3 Å². The van der Waals surface area contributed by atoms with Gasteiger partial charge in [-0.2, -0.15) is 0 Å². The first kappa shape index (κ1) is 15.1. The topological polar surface area (TPSA) is 55.4 Å². The molecule has 0 heterocycles. The Balaban J connectivity index is 2.10. The second kappa shape index (κ2) is 6.90. The first-order valence-corrected chi connectivity index (χ1v) is 6.87. The van der Waals surface area contributed by atoms with E-state index in [2.05, 4.69) is 5.32 Å². The number of alkyl halides is 1. The second-order valence-corrected chi connectivity index (χ2v) is 4.65. The first-order chi connectivity index (χ1) is 10.1. The first-order valence-electron chi connectivity index (χ1n) is 6.34. The molecule has 2 aromatic carbocycles. The van der Waals surface area contributed by atoms with Crippen LogP contribution in [0.1, 0.15) is 22.8 Å². The van der Waals surface area contributed by atoms with E-state index in [0.29, 0.717) is 17.0 Å². The Hall–Kier alpha value is -2.33. The van der Waals surface area contributed by atoms with Crippen molar-refractivity contribution in [2.45, 2.75) is 12.8 Å². The Kier molecular flexibility index (Phi) is 4.95. The van der Waals surface area contributed by atoms with E-state index in [1.165, 1.54) is 6.92 Å². The fourth-order valence-corrected chi connectivity index (χ4v) is 2.04. The van der Waals surface area contributed by atoms with Crippen LogP contribution >= 0.6 is 11.6 Å². The zero-order valence-corrected chi connectivity index (χ0v) is 12.2. The summed E-state index contributed by atoms with van der Waals surface area (Å²) in [6.07, 6.45) is 0. The van der Waals surface area contributed by atoms with Crippen LogP contribution < -0.4 is 10.1 Å². The molecule has 0 saturated carbocycles. The van der Waals surface area contributed by atoms with Crippen molar-refractivity contribution in [3.05, 3.63) is 59.7 Å². The maximum atomic E-state index is 12.1. The van der Waals surface area contributed by atoms with Crippen LogP contribution in [0, 0.1) is 0 Å². The van der Waals surface area contributed by atoms with Gasteiger partial charge in [0.05, 0.1) is 5.56 Å². The molecule has 2 aromatic rings. The van der Waals surface area contributed by atoms with Crippen molar-refractivity contribution in [3.63, 3.8) is 0 Å². The number of nitrogens with one attached hydrogen (secondary N) is 1. The van der Waals surface area contributed by atoms with Crippen LogP contribution in [-0.2, 0) is 10.7 Å². The summed E-state index contributed by atoms with van der Waals surface area (Å²) < 4.78 is 5.29. The van der Waals surface area contributed by atoms with Gasteiger partial charge in [0.15, 0.2) is 0 Å². The number of anilines is 1. The molecule has 21 heavy (non-hydrogen) atoms. The molecule has 0 aliphatic heterocycles. The normalized spacial score (nSPS) is 10.0. The predicted molar refractivity (Wildman–Crippen MR) is 81.7 cm³/mol. The van der Waals surface area contributed by atoms with Gasteiger partial charge in [0.25, 0.3) is 0 Å². The molecule has 5 heteroatoms. The van der Waals surface area contributed by atoms with Gasteiger partial charge < -0.3 is 10.1 Å². The van der Waals surface area contributed by atoms with Crippen molar-refractivity contribution in [3.8, 4) is 5.75 Å². The highest BCUT2D eigenvalue weighted by Crippen LogP contribution is 2.19. The molecule has 4 nitrogen and oxygen atoms in total. The lowest BCUT2D eigenvalue weighted by atomic mass is 10.1. The lowest BCUT2D eigenvalue weighted by molar-refractivity contribution is -0.114. The van der Waals surface area contributed by atoms with Gasteiger partial charge in [0.2, 0.25) is 5.91 Å². The summed E-state index contributed by atoms with van der Waals surface area (Å²) in [5.74, 6) is 0.0278. The molecule has 1 N–H and O–H groups in total. The van der Waals surface area contributed by atoms with E-state index in [1.807, 2.05) is 6.07 Å². The molecule has 0 bridgehead atoms. The largest absolute Gasteiger partial charge is 0.423 e. The SMILES string of the molecule is CC(=O)Nc1ccc(OC(=O)c2ccccc2CCl)cc1. The Bertz CT molecular complexity index is 653. The molecule has 0 aliphatic rings. The maximum absolute atomic E-state index is 12.1. The van der Waals surface area contributed by atoms with E-state index in [1.54, 1.807) is 42.5 Å². The number of hydrogen-bond acceptors (Lipinski definition) is 3.